The van der Waals surface area contributed by atoms with Crippen LogP contribution in [-0.4, -0.2) is 15.0 Å². The minimum absolute atomic E-state index is 0.0590. The summed E-state index contributed by atoms with van der Waals surface area (Å²) >= 11 is 5.98. The molecule has 0 radical (unpaired) electrons. The Labute approximate surface area is 119 Å². The third kappa shape index (κ3) is 3.84. The first kappa shape index (κ1) is 14.6. The number of halogens is 1. The summed E-state index contributed by atoms with van der Waals surface area (Å²) < 4.78 is 26.8. The van der Waals surface area contributed by atoms with Gasteiger partial charge in [-0.25, -0.2) is 13.1 Å². The maximum Gasteiger partial charge on any atom is 0.242 e. The monoisotopic (exact) mass is 302 g/mol. The van der Waals surface area contributed by atoms with Gasteiger partial charge in [0.2, 0.25) is 10.0 Å². The van der Waals surface area contributed by atoms with Crippen LogP contribution in [0.4, 0.5) is 5.69 Å². The van der Waals surface area contributed by atoms with E-state index in [4.69, 9.17) is 17.3 Å². The third-order valence-electron chi connectivity index (χ3n) is 3.39. The van der Waals surface area contributed by atoms with Gasteiger partial charge in [0.1, 0.15) is 4.90 Å². The molecule has 0 saturated heterocycles. The molecule has 1 aliphatic rings. The number of nitrogen functional groups attached to an aromatic ring is 1. The van der Waals surface area contributed by atoms with E-state index in [0.29, 0.717) is 12.2 Å². The van der Waals surface area contributed by atoms with Gasteiger partial charge in [0.15, 0.2) is 0 Å². The molecule has 0 atom stereocenters. The van der Waals surface area contributed by atoms with Gasteiger partial charge < -0.3 is 5.73 Å². The Morgan fingerprint density at radius 2 is 2.11 bits per heavy atom. The lowest BCUT2D eigenvalue weighted by molar-refractivity contribution is 0.572. The zero-order valence-electron chi connectivity index (χ0n) is 10.9. The van der Waals surface area contributed by atoms with Gasteiger partial charge in [-0.3, -0.25) is 0 Å². The summed E-state index contributed by atoms with van der Waals surface area (Å²) in [5.74, 6) is 0.808. The summed E-state index contributed by atoms with van der Waals surface area (Å²) in [5.41, 5.74) is 6.95. The van der Waals surface area contributed by atoms with E-state index in [-0.39, 0.29) is 9.92 Å². The van der Waals surface area contributed by atoms with Crippen molar-refractivity contribution in [2.45, 2.75) is 37.5 Å². The lowest BCUT2D eigenvalue weighted by atomic mass is 10.2. The summed E-state index contributed by atoms with van der Waals surface area (Å²) in [5, 5.41) is 0.210. The van der Waals surface area contributed by atoms with E-state index in [0.717, 1.165) is 24.3 Å². The Hall–Kier alpha value is -0.780. The highest BCUT2D eigenvalue weighted by Crippen LogP contribution is 2.33. The van der Waals surface area contributed by atoms with Crippen molar-refractivity contribution in [1.82, 2.24) is 4.72 Å². The molecule has 0 amide bonds. The van der Waals surface area contributed by atoms with Crippen LogP contribution in [-0.2, 0) is 10.0 Å². The Kier molecular flexibility index (Phi) is 4.38. The summed E-state index contributed by atoms with van der Waals surface area (Å²) in [6, 6.07) is 3.00. The summed E-state index contributed by atoms with van der Waals surface area (Å²) in [6.07, 6.45) is 4.52. The Balaban J connectivity index is 2.03. The van der Waals surface area contributed by atoms with Crippen molar-refractivity contribution in [2.24, 2.45) is 5.92 Å². The van der Waals surface area contributed by atoms with E-state index < -0.39 is 10.0 Å². The van der Waals surface area contributed by atoms with Gasteiger partial charge in [-0.1, -0.05) is 24.4 Å². The molecule has 0 heterocycles. The van der Waals surface area contributed by atoms with Crippen molar-refractivity contribution in [1.29, 1.82) is 0 Å². The van der Waals surface area contributed by atoms with Gasteiger partial charge in [0.25, 0.3) is 0 Å². The molecule has 1 aliphatic carbocycles. The van der Waals surface area contributed by atoms with E-state index in [9.17, 15) is 8.42 Å². The minimum atomic E-state index is -3.57. The van der Waals surface area contributed by atoms with Crippen LogP contribution in [0.25, 0.3) is 0 Å². The van der Waals surface area contributed by atoms with Gasteiger partial charge in [0, 0.05) is 12.2 Å². The van der Waals surface area contributed by atoms with Crippen molar-refractivity contribution in [3.8, 4) is 0 Å². The van der Waals surface area contributed by atoms with Crippen molar-refractivity contribution in [2.75, 3.05) is 12.3 Å². The highest BCUT2D eigenvalue weighted by Gasteiger charge is 2.22. The molecule has 0 bridgehead atoms. The quantitative estimate of drug-likeness (QED) is 0.627. The molecule has 1 aromatic carbocycles. The van der Waals surface area contributed by atoms with Crippen molar-refractivity contribution >= 4 is 27.3 Å². The first-order valence-corrected chi connectivity index (χ1v) is 8.31. The molecule has 0 aliphatic heterocycles. The maximum atomic E-state index is 12.1. The van der Waals surface area contributed by atoms with Crippen LogP contribution < -0.4 is 10.5 Å². The molecule has 1 saturated carbocycles. The van der Waals surface area contributed by atoms with E-state index in [1.807, 2.05) is 0 Å². The second-order valence-electron chi connectivity index (χ2n) is 5.12. The summed E-state index contributed by atoms with van der Waals surface area (Å²) in [4.78, 5) is 0.0590. The van der Waals surface area contributed by atoms with Gasteiger partial charge in [-0.15, -0.1) is 0 Å². The number of nitrogens with two attached hydrogens (primary N) is 1. The summed E-state index contributed by atoms with van der Waals surface area (Å²) in [6.45, 7) is 2.24. The van der Waals surface area contributed by atoms with Crippen LogP contribution in [0.1, 0.15) is 31.2 Å². The predicted octanol–water partition coefficient (Wildman–Crippen LogP) is 2.70. The second kappa shape index (κ2) is 5.69. The average Bonchev–Trinajstić information content (AvgIpc) is 3.13. The molecule has 4 nitrogen and oxygen atoms in total. The molecular formula is C13H19ClN2O2S. The predicted molar refractivity (Wildman–Crippen MR) is 77.7 cm³/mol. The van der Waals surface area contributed by atoms with Gasteiger partial charge in [-0.05, 0) is 43.4 Å². The number of nitrogens with one attached hydrogen (secondary N) is 1. The number of aryl methyl sites for hydroxylation is 1. The number of hydrogen-bond acceptors (Lipinski definition) is 3. The standard InChI is InChI=1S/C13H19ClN2O2S/c1-9-7-11(14)13(8-12(9)15)19(17,18)16-6-2-3-10-4-5-10/h7-8,10,16H,2-6,15H2,1H3. The SMILES string of the molecule is Cc1cc(Cl)c(S(=O)(=O)NCCCC2CC2)cc1N. The number of benzene rings is 1. The smallest absolute Gasteiger partial charge is 0.242 e. The van der Waals surface area contributed by atoms with Crippen LogP contribution in [0.2, 0.25) is 5.02 Å². The number of hydrogen-bond donors (Lipinski definition) is 2. The molecule has 19 heavy (non-hydrogen) atoms. The number of rotatable bonds is 6. The molecule has 0 aromatic heterocycles. The van der Waals surface area contributed by atoms with Gasteiger partial charge in [-0.2, -0.15) is 0 Å². The van der Waals surface area contributed by atoms with Crippen molar-refractivity contribution in [3.63, 3.8) is 0 Å². The lowest BCUT2D eigenvalue weighted by Gasteiger charge is -2.10. The number of anilines is 1. The van der Waals surface area contributed by atoms with E-state index in [1.54, 1.807) is 13.0 Å². The minimum Gasteiger partial charge on any atom is -0.398 e. The second-order valence-corrected chi connectivity index (χ2v) is 7.27. The van der Waals surface area contributed by atoms with E-state index in [1.165, 1.54) is 18.9 Å². The fraction of sp³-hybridized carbons (Fsp3) is 0.538. The largest absolute Gasteiger partial charge is 0.398 e. The molecule has 0 spiro atoms. The molecule has 106 valence electrons. The van der Waals surface area contributed by atoms with Crippen LogP contribution in [0, 0.1) is 12.8 Å². The van der Waals surface area contributed by atoms with Crippen LogP contribution in [0.15, 0.2) is 17.0 Å². The zero-order valence-corrected chi connectivity index (χ0v) is 12.5. The van der Waals surface area contributed by atoms with E-state index >= 15 is 0 Å². The third-order valence-corrected chi connectivity index (χ3v) is 5.31. The van der Waals surface area contributed by atoms with Gasteiger partial charge in [0.05, 0.1) is 5.02 Å². The zero-order chi connectivity index (χ0) is 14.0. The topological polar surface area (TPSA) is 72.2 Å². The van der Waals surface area contributed by atoms with Crippen LogP contribution in [0.3, 0.4) is 0 Å². The normalized spacial score (nSPS) is 15.7. The fourth-order valence-electron chi connectivity index (χ4n) is 1.96. The average molecular weight is 303 g/mol. The Bertz CT molecular complexity index is 568. The highest BCUT2D eigenvalue weighted by atomic mass is 35.5. The fourth-order valence-corrected chi connectivity index (χ4v) is 3.65. The van der Waals surface area contributed by atoms with Crippen molar-refractivity contribution in [3.05, 3.63) is 22.7 Å². The van der Waals surface area contributed by atoms with Crippen LogP contribution >= 0.6 is 11.6 Å². The molecule has 0 unspecified atom stereocenters. The molecule has 1 aromatic rings. The molecule has 1 fully saturated rings. The highest BCUT2D eigenvalue weighted by molar-refractivity contribution is 7.89. The summed E-state index contributed by atoms with van der Waals surface area (Å²) in [7, 11) is -3.57. The molecule has 3 N–H and O–H groups in total. The van der Waals surface area contributed by atoms with E-state index in [2.05, 4.69) is 4.72 Å². The van der Waals surface area contributed by atoms with Gasteiger partial charge >= 0.3 is 0 Å². The van der Waals surface area contributed by atoms with Crippen molar-refractivity contribution < 1.29 is 8.42 Å². The number of sulfonamides is 1. The Morgan fingerprint density at radius 1 is 1.42 bits per heavy atom. The Morgan fingerprint density at radius 3 is 2.74 bits per heavy atom. The molecule has 6 heteroatoms. The molecular weight excluding hydrogens is 284 g/mol. The lowest BCUT2D eigenvalue weighted by Crippen LogP contribution is -2.25. The van der Waals surface area contributed by atoms with Crippen LogP contribution in [0.5, 0.6) is 0 Å². The maximum absolute atomic E-state index is 12.1. The first-order valence-electron chi connectivity index (χ1n) is 6.45. The first-order chi connectivity index (χ1) is 8.90. The molecule has 2 rings (SSSR count).